The van der Waals surface area contributed by atoms with Crippen molar-refractivity contribution in [3.63, 3.8) is 0 Å². The Morgan fingerprint density at radius 3 is 2.46 bits per heavy atom. The van der Waals surface area contributed by atoms with Crippen molar-refractivity contribution in [3.05, 3.63) is 95.6 Å². The van der Waals surface area contributed by atoms with Gasteiger partial charge in [0.15, 0.2) is 0 Å². The molecule has 0 spiro atoms. The summed E-state index contributed by atoms with van der Waals surface area (Å²) >= 11 is 0. The first-order valence-corrected chi connectivity index (χ1v) is 11.5. The molecule has 4 N–H and O–H groups in total. The molecule has 1 heterocycles. The van der Waals surface area contributed by atoms with E-state index in [0.29, 0.717) is 37.1 Å². The van der Waals surface area contributed by atoms with Crippen molar-refractivity contribution in [2.75, 3.05) is 13.1 Å². The smallest absolute Gasteiger partial charge is 0.318 e. The number of hydrogen-bond donors (Lipinski definition) is 3. The van der Waals surface area contributed by atoms with Gasteiger partial charge >= 0.3 is 12.1 Å². The first kappa shape index (κ1) is 24.2. The average Bonchev–Trinajstić information content (AvgIpc) is 2.84. The van der Waals surface area contributed by atoms with E-state index in [4.69, 9.17) is 5.73 Å². The minimum Gasteiger partial charge on any atom is -0.352 e. The summed E-state index contributed by atoms with van der Waals surface area (Å²) in [7, 11) is 0. The van der Waals surface area contributed by atoms with Crippen molar-refractivity contribution in [1.29, 1.82) is 0 Å². The lowest BCUT2D eigenvalue weighted by atomic mass is 9.81. The molecule has 3 aromatic carbocycles. The fourth-order valence-electron chi connectivity index (χ4n) is 4.67. The lowest BCUT2D eigenvalue weighted by molar-refractivity contribution is 0.122. The van der Waals surface area contributed by atoms with Gasteiger partial charge in [-0.3, -0.25) is 0 Å². The molecule has 4 amide bonds. The maximum absolute atomic E-state index is 14.2. The number of nitrogens with two attached hydrogens (primary N) is 1. The number of amides is 4. The predicted octanol–water partition coefficient (Wildman–Crippen LogP) is 5.06. The summed E-state index contributed by atoms with van der Waals surface area (Å²) in [5.41, 5.74) is 7.42. The third-order valence-electron chi connectivity index (χ3n) is 6.67. The van der Waals surface area contributed by atoms with Gasteiger partial charge in [-0.2, -0.15) is 0 Å². The number of nitrogens with zero attached hydrogens (tertiary/aromatic N) is 1. The van der Waals surface area contributed by atoms with Crippen LogP contribution in [0.1, 0.15) is 36.9 Å². The first-order chi connectivity index (χ1) is 16.8. The zero-order valence-corrected chi connectivity index (χ0v) is 19.4. The van der Waals surface area contributed by atoms with Crippen molar-refractivity contribution in [2.45, 2.75) is 31.3 Å². The minimum atomic E-state index is -0.624. The predicted molar refractivity (Wildman–Crippen MR) is 130 cm³/mol. The second-order valence-electron chi connectivity index (χ2n) is 8.78. The number of primary amides is 1. The Morgan fingerprint density at radius 2 is 1.83 bits per heavy atom. The number of halogens is 2. The van der Waals surface area contributed by atoms with Crippen LogP contribution in [0.3, 0.4) is 0 Å². The highest BCUT2D eigenvalue weighted by Gasteiger charge is 2.40. The zero-order chi connectivity index (χ0) is 25.0. The maximum atomic E-state index is 14.2. The van der Waals surface area contributed by atoms with Gasteiger partial charge in [0, 0.05) is 24.7 Å². The van der Waals surface area contributed by atoms with Crippen LogP contribution in [0.2, 0.25) is 0 Å². The molecule has 35 heavy (non-hydrogen) atoms. The van der Waals surface area contributed by atoms with E-state index in [-0.39, 0.29) is 12.1 Å². The van der Waals surface area contributed by atoms with E-state index in [1.165, 1.54) is 12.1 Å². The third kappa shape index (κ3) is 5.26. The highest BCUT2D eigenvalue weighted by molar-refractivity contribution is 5.77. The molecular weight excluding hydrogens is 450 g/mol. The normalized spacial score (nSPS) is 18.6. The van der Waals surface area contributed by atoms with E-state index in [1.807, 2.05) is 49.4 Å². The van der Waals surface area contributed by atoms with Gasteiger partial charge in [0.25, 0.3) is 0 Å². The van der Waals surface area contributed by atoms with Crippen LogP contribution in [0.15, 0.2) is 72.8 Å². The fourth-order valence-corrected chi connectivity index (χ4v) is 4.67. The van der Waals surface area contributed by atoms with E-state index < -0.39 is 23.2 Å². The summed E-state index contributed by atoms with van der Waals surface area (Å²) in [4.78, 5) is 26.2. The summed E-state index contributed by atoms with van der Waals surface area (Å²) in [5.74, 6) is -1.24. The molecule has 1 aliphatic rings. The number of hydrogen-bond acceptors (Lipinski definition) is 2. The van der Waals surface area contributed by atoms with Gasteiger partial charge in [-0.15, -0.1) is 0 Å². The quantitative estimate of drug-likeness (QED) is 0.443. The molecule has 182 valence electrons. The van der Waals surface area contributed by atoms with Crippen LogP contribution >= 0.6 is 0 Å². The molecule has 1 fully saturated rings. The van der Waals surface area contributed by atoms with Gasteiger partial charge in [0.05, 0.1) is 11.6 Å². The van der Waals surface area contributed by atoms with Crippen molar-refractivity contribution in [2.24, 2.45) is 5.73 Å². The Balaban J connectivity index is 1.50. The topological polar surface area (TPSA) is 87.5 Å². The number of urea groups is 2. The van der Waals surface area contributed by atoms with Crippen molar-refractivity contribution < 1.29 is 18.4 Å². The van der Waals surface area contributed by atoms with Crippen LogP contribution in [0.5, 0.6) is 0 Å². The summed E-state index contributed by atoms with van der Waals surface area (Å²) < 4.78 is 27.4. The fraction of sp³-hybridized carbons (Fsp3) is 0.259. The second-order valence-corrected chi connectivity index (χ2v) is 8.78. The number of nitrogens with one attached hydrogen (secondary N) is 2. The molecule has 0 radical (unpaired) electrons. The van der Waals surface area contributed by atoms with E-state index in [2.05, 4.69) is 10.6 Å². The minimum absolute atomic E-state index is 0.208. The number of rotatable bonds is 7. The Kier molecular flexibility index (Phi) is 7.00. The molecule has 0 bridgehead atoms. The molecule has 2 atom stereocenters. The number of carbonyl (C=O) groups is 2. The van der Waals surface area contributed by atoms with E-state index in [9.17, 15) is 18.4 Å². The molecule has 1 saturated heterocycles. The zero-order valence-electron chi connectivity index (χ0n) is 19.4. The van der Waals surface area contributed by atoms with Crippen LogP contribution < -0.4 is 16.4 Å². The Hall–Kier alpha value is -3.94. The summed E-state index contributed by atoms with van der Waals surface area (Å²) in [6.45, 7) is 2.78. The highest BCUT2D eigenvalue weighted by atomic mass is 19.1. The Bertz CT molecular complexity index is 1200. The molecule has 2 unspecified atom stereocenters. The molecule has 3 aromatic rings. The van der Waals surface area contributed by atoms with Crippen molar-refractivity contribution in [3.8, 4) is 11.1 Å². The van der Waals surface area contributed by atoms with Crippen molar-refractivity contribution >= 4 is 12.1 Å². The molecule has 0 aromatic heterocycles. The molecule has 8 heteroatoms. The van der Waals surface area contributed by atoms with Gasteiger partial charge in [0.1, 0.15) is 11.6 Å². The van der Waals surface area contributed by atoms with Crippen LogP contribution in [0.25, 0.3) is 11.1 Å². The monoisotopic (exact) mass is 478 g/mol. The summed E-state index contributed by atoms with van der Waals surface area (Å²) in [5, 5.41) is 5.79. The highest BCUT2D eigenvalue weighted by Crippen LogP contribution is 2.35. The van der Waals surface area contributed by atoms with Gasteiger partial charge in [-0.1, -0.05) is 54.6 Å². The van der Waals surface area contributed by atoms with Gasteiger partial charge < -0.3 is 21.3 Å². The SMILES string of the molecule is CC(c1ccc(-c2ccc(F)cc2F)cc1)N1CCC(CCNC(N)=O)(c2ccccc2)NC1=O. The standard InChI is InChI=1S/C27H28F2N4O2/c1-18(19-7-9-20(10-8-19)23-12-11-22(28)17-24(23)29)33-16-14-27(32-26(33)35,13-15-31-25(30)34)21-5-3-2-4-6-21/h2-12,17-18H,13-16H2,1H3,(H,32,35)(H3,30,31,34). The van der Waals surface area contributed by atoms with Crippen molar-refractivity contribution in [1.82, 2.24) is 15.5 Å². The Labute approximate surface area is 203 Å². The lowest BCUT2D eigenvalue weighted by Gasteiger charge is -2.45. The summed E-state index contributed by atoms with van der Waals surface area (Å²) in [6, 6.07) is 19.4. The molecule has 0 aliphatic carbocycles. The van der Waals surface area contributed by atoms with Gasteiger partial charge in [-0.05, 0) is 48.6 Å². The Morgan fingerprint density at radius 1 is 1.11 bits per heavy atom. The molecule has 4 rings (SSSR count). The lowest BCUT2D eigenvalue weighted by Crippen LogP contribution is -2.59. The molecule has 6 nitrogen and oxygen atoms in total. The maximum Gasteiger partial charge on any atom is 0.318 e. The third-order valence-corrected chi connectivity index (χ3v) is 6.67. The van der Waals surface area contributed by atoms with Gasteiger partial charge in [-0.25, -0.2) is 18.4 Å². The summed E-state index contributed by atoms with van der Waals surface area (Å²) in [6.07, 6.45) is 1.15. The van der Waals surface area contributed by atoms with Gasteiger partial charge in [0.2, 0.25) is 0 Å². The number of benzene rings is 3. The second kappa shape index (κ2) is 10.1. The molecular formula is C27H28F2N4O2. The van der Waals surface area contributed by atoms with E-state index >= 15 is 0 Å². The molecule has 0 saturated carbocycles. The van der Waals surface area contributed by atoms with E-state index in [1.54, 1.807) is 17.0 Å². The largest absolute Gasteiger partial charge is 0.352 e. The average molecular weight is 479 g/mol. The van der Waals surface area contributed by atoms with E-state index in [0.717, 1.165) is 17.2 Å². The van der Waals surface area contributed by atoms with Crippen LogP contribution in [0.4, 0.5) is 18.4 Å². The first-order valence-electron chi connectivity index (χ1n) is 11.5. The number of carbonyl (C=O) groups excluding carboxylic acids is 2. The van der Waals surface area contributed by atoms with Crippen LogP contribution in [-0.2, 0) is 5.54 Å². The molecule has 1 aliphatic heterocycles. The van der Waals surface area contributed by atoms with Crippen LogP contribution in [-0.4, -0.2) is 30.1 Å². The van der Waals surface area contributed by atoms with Crippen LogP contribution in [0, 0.1) is 11.6 Å².